The molecular formula is C15H20BrNO2. The molecule has 4 heteroatoms. The maximum absolute atomic E-state index is 12.0. The molecule has 0 amide bonds. The second-order valence-corrected chi connectivity index (χ2v) is 6.86. The van der Waals surface area contributed by atoms with Crippen molar-refractivity contribution in [1.29, 1.82) is 0 Å². The Balaban J connectivity index is 1.96. The quantitative estimate of drug-likeness (QED) is 0.656. The number of carbonyl (C=O) groups excluding carboxylic acids is 1. The van der Waals surface area contributed by atoms with Crippen molar-refractivity contribution in [3.05, 3.63) is 28.2 Å². The van der Waals surface area contributed by atoms with Crippen LogP contribution < -0.4 is 5.73 Å². The first-order valence-corrected chi connectivity index (χ1v) is 7.43. The van der Waals surface area contributed by atoms with Gasteiger partial charge in [-0.2, -0.15) is 0 Å². The predicted octanol–water partition coefficient (Wildman–Crippen LogP) is 4.16. The SMILES string of the molecule is CC1(C)CCC(OC(=O)c2ccc(Br)c(N)c2)CC1. The Morgan fingerprint density at radius 3 is 2.58 bits per heavy atom. The Bertz CT molecular complexity index is 475. The molecule has 1 aliphatic rings. The molecule has 3 nitrogen and oxygen atoms in total. The van der Waals surface area contributed by atoms with Gasteiger partial charge in [-0.25, -0.2) is 4.79 Å². The van der Waals surface area contributed by atoms with Crippen LogP contribution in [0.15, 0.2) is 22.7 Å². The fourth-order valence-corrected chi connectivity index (χ4v) is 2.63. The Labute approximate surface area is 122 Å². The number of carbonyl (C=O) groups is 1. The van der Waals surface area contributed by atoms with Gasteiger partial charge in [-0.1, -0.05) is 13.8 Å². The van der Waals surface area contributed by atoms with Crippen LogP contribution in [0.2, 0.25) is 0 Å². The van der Waals surface area contributed by atoms with Crippen molar-refractivity contribution in [2.24, 2.45) is 5.41 Å². The monoisotopic (exact) mass is 325 g/mol. The van der Waals surface area contributed by atoms with E-state index in [1.54, 1.807) is 18.2 Å². The van der Waals surface area contributed by atoms with Crippen LogP contribution >= 0.6 is 15.9 Å². The first-order chi connectivity index (χ1) is 8.87. The van der Waals surface area contributed by atoms with Crippen LogP contribution in [0.25, 0.3) is 0 Å². The van der Waals surface area contributed by atoms with E-state index in [1.807, 2.05) is 0 Å². The minimum absolute atomic E-state index is 0.0467. The number of hydrogen-bond acceptors (Lipinski definition) is 3. The first-order valence-electron chi connectivity index (χ1n) is 6.63. The van der Waals surface area contributed by atoms with E-state index >= 15 is 0 Å². The van der Waals surface area contributed by atoms with Crippen molar-refractivity contribution in [3.63, 3.8) is 0 Å². The highest BCUT2D eigenvalue weighted by Gasteiger charge is 2.29. The summed E-state index contributed by atoms with van der Waals surface area (Å²) in [6.45, 7) is 4.53. The highest BCUT2D eigenvalue weighted by Crippen LogP contribution is 2.36. The van der Waals surface area contributed by atoms with E-state index in [1.165, 1.54) is 0 Å². The smallest absolute Gasteiger partial charge is 0.338 e. The topological polar surface area (TPSA) is 52.3 Å². The third-order valence-corrected chi connectivity index (χ3v) is 4.51. The summed E-state index contributed by atoms with van der Waals surface area (Å²) in [5, 5.41) is 0. The van der Waals surface area contributed by atoms with E-state index in [0.717, 1.165) is 30.2 Å². The van der Waals surface area contributed by atoms with Crippen LogP contribution in [0.1, 0.15) is 49.9 Å². The van der Waals surface area contributed by atoms with Crippen molar-refractivity contribution < 1.29 is 9.53 Å². The summed E-state index contributed by atoms with van der Waals surface area (Å²) < 4.78 is 6.35. The Morgan fingerprint density at radius 2 is 2.00 bits per heavy atom. The minimum Gasteiger partial charge on any atom is -0.459 e. The Kier molecular flexibility index (Phi) is 4.19. The molecule has 1 aromatic rings. The molecule has 0 aliphatic heterocycles. The summed E-state index contributed by atoms with van der Waals surface area (Å²) in [6.07, 6.45) is 4.15. The molecule has 0 spiro atoms. The lowest BCUT2D eigenvalue weighted by atomic mass is 9.76. The van der Waals surface area contributed by atoms with Gasteiger partial charge in [0.25, 0.3) is 0 Å². The van der Waals surface area contributed by atoms with Gasteiger partial charge in [0.2, 0.25) is 0 Å². The van der Waals surface area contributed by atoms with Crippen molar-refractivity contribution in [2.75, 3.05) is 5.73 Å². The highest BCUT2D eigenvalue weighted by atomic mass is 79.9. The maximum Gasteiger partial charge on any atom is 0.338 e. The predicted molar refractivity (Wildman–Crippen MR) is 80.0 cm³/mol. The van der Waals surface area contributed by atoms with E-state index in [9.17, 15) is 4.79 Å². The number of esters is 1. The van der Waals surface area contributed by atoms with Gasteiger partial charge in [-0.05, 0) is 65.2 Å². The van der Waals surface area contributed by atoms with Gasteiger partial charge in [0.1, 0.15) is 6.10 Å². The molecule has 0 aromatic heterocycles. The second-order valence-electron chi connectivity index (χ2n) is 6.01. The molecule has 0 bridgehead atoms. The number of nitrogens with two attached hydrogens (primary N) is 1. The summed E-state index contributed by atoms with van der Waals surface area (Å²) in [6, 6.07) is 5.16. The number of halogens is 1. The largest absolute Gasteiger partial charge is 0.459 e. The number of hydrogen-bond donors (Lipinski definition) is 1. The fourth-order valence-electron chi connectivity index (χ4n) is 2.38. The zero-order valence-corrected chi connectivity index (χ0v) is 13.0. The fraction of sp³-hybridized carbons (Fsp3) is 0.533. The number of benzene rings is 1. The van der Waals surface area contributed by atoms with E-state index in [0.29, 0.717) is 16.7 Å². The van der Waals surface area contributed by atoms with Crippen LogP contribution in [0.3, 0.4) is 0 Å². The molecule has 0 radical (unpaired) electrons. The molecule has 1 aliphatic carbocycles. The van der Waals surface area contributed by atoms with Gasteiger partial charge in [0.05, 0.1) is 5.56 Å². The molecule has 1 fully saturated rings. The van der Waals surface area contributed by atoms with Gasteiger partial charge >= 0.3 is 5.97 Å². The molecule has 0 atom stereocenters. The lowest BCUT2D eigenvalue weighted by Gasteiger charge is -2.33. The van der Waals surface area contributed by atoms with Gasteiger partial charge < -0.3 is 10.5 Å². The molecule has 2 N–H and O–H groups in total. The minimum atomic E-state index is -0.274. The number of nitrogen functional groups attached to an aromatic ring is 1. The van der Waals surface area contributed by atoms with Crippen molar-refractivity contribution >= 4 is 27.6 Å². The van der Waals surface area contributed by atoms with Crippen LogP contribution in [-0.2, 0) is 4.74 Å². The number of ether oxygens (including phenoxy) is 1. The lowest BCUT2D eigenvalue weighted by Crippen LogP contribution is -2.28. The molecule has 1 saturated carbocycles. The van der Waals surface area contributed by atoms with E-state index in [-0.39, 0.29) is 12.1 Å². The number of anilines is 1. The van der Waals surface area contributed by atoms with E-state index in [2.05, 4.69) is 29.8 Å². The summed E-state index contributed by atoms with van der Waals surface area (Å²) in [4.78, 5) is 12.0. The summed E-state index contributed by atoms with van der Waals surface area (Å²) in [7, 11) is 0. The van der Waals surface area contributed by atoms with Crippen molar-refractivity contribution in [3.8, 4) is 0 Å². The summed E-state index contributed by atoms with van der Waals surface area (Å²) in [5.74, 6) is -0.274. The highest BCUT2D eigenvalue weighted by molar-refractivity contribution is 9.10. The molecule has 2 rings (SSSR count). The molecule has 19 heavy (non-hydrogen) atoms. The molecule has 0 unspecified atom stereocenters. The average Bonchev–Trinajstić information content (AvgIpc) is 2.35. The standard InChI is InChI=1S/C15H20BrNO2/c1-15(2)7-5-11(6-8-15)19-14(18)10-3-4-12(16)13(17)9-10/h3-4,9,11H,5-8,17H2,1-2H3. The number of rotatable bonds is 2. The summed E-state index contributed by atoms with van der Waals surface area (Å²) >= 11 is 3.31. The molecule has 1 aromatic carbocycles. The maximum atomic E-state index is 12.0. The molecule has 104 valence electrons. The first kappa shape index (κ1) is 14.4. The summed E-state index contributed by atoms with van der Waals surface area (Å²) in [5.41, 5.74) is 7.23. The Morgan fingerprint density at radius 1 is 1.37 bits per heavy atom. The van der Waals surface area contributed by atoms with Crippen LogP contribution in [0, 0.1) is 5.41 Å². The average molecular weight is 326 g/mol. The van der Waals surface area contributed by atoms with E-state index < -0.39 is 0 Å². The van der Waals surface area contributed by atoms with Gasteiger partial charge in [0, 0.05) is 10.2 Å². The zero-order valence-electron chi connectivity index (χ0n) is 11.4. The van der Waals surface area contributed by atoms with Gasteiger partial charge in [-0.3, -0.25) is 0 Å². The second kappa shape index (κ2) is 5.53. The van der Waals surface area contributed by atoms with Crippen LogP contribution in [0.5, 0.6) is 0 Å². The van der Waals surface area contributed by atoms with Gasteiger partial charge in [-0.15, -0.1) is 0 Å². The Hall–Kier alpha value is -1.03. The van der Waals surface area contributed by atoms with Crippen LogP contribution in [0.4, 0.5) is 5.69 Å². The third-order valence-electron chi connectivity index (χ3n) is 3.79. The molecular weight excluding hydrogens is 306 g/mol. The third kappa shape index (κ3) is 3.72. The zero-order chi connectivity index (χ0) is 14.0. The molecule has 0 saturated heterocycles. The molecule has 0 heterocycles. The van der Waals surface area contributed by atoms with E-state index in [4.69, 9.17) is 10.5 Å². The normalized spacial score (nSPS) is 19.1. The van der Waals surface area contributed by atoms with Gasteiger partial charge in [0.15, 0.2) is 0 Å². The lowest BCUT2D eigenvalue weighted by molar-refractivity contribution is 0.00952. The van der Waals surface area contributed by atoms with Crippen molar-refractivity contribution in [1.82, 2.24) is 0 Å². The van der Waals surface area contributed by atoms with Crippen molar-refractivity contribution in [2.45, 2.75) is 45.6 Å². The van der Waals surface area contributed by atoms with Crippen LogP contribution in [-0.4, -0.2) is 12.1 Å².